The van der Waals surface area contributed by atoms with Gasteiger partial charge in [-0.15, -0.1) is 0 Å². The molecule has 1 aliphatic rings. The van der Waals surface area contributed by atoms with E-state index in [1.807, 2.05) is 42.5 Å². The van der Waals surface area contributed by atoms with Crippen LogP contribution in [0.2, 0.25) is 5.02 Å². The maximum Gasteiger partial charge on any atom is 0.335 e. The topological polar surface area (TPSA) is 69.6 Å². The van der Waals surface area contributed by atoms with E-state index in [2.05, 4.69) is 16.3 Å². The minimum Gasteiger partial charge on any atom is -0.478 e. The van der Waals surface area contributed by atoms with Gasteiger partial charge < -0.3 is 15.3 Å². The van der Waals surface area contributed by atoms with Crippen LogP contribution in [0.1, 0.15) is 52.4 Å². The summed E-state index contributed by atoms with van der Waals surface area (Å²) < 4.78 is 0. The van der Waals surface area contributed by atoms with Crippen LogP contribution in [0.3, 0.4) is 0 Å². The lowest BCUT2D eigenvalue weighted by Crippen LogP contribution is -2.34. The predicted octanol–water partition coefficient (Wildman–Crippen LogP) is 5.48. The van der Waals surface area contributed by atoms with E-state index < -0.39 is 12.0 Å². The molecular weight excluding hydrogens is 436 g/mol. The molecule has 170 valence electrons. The number of carbonyl (C=O) groups excluding carboxylic acids is 1. The molecular formula is C27H27ClN2O3. The number of nitrogens with zero attached hydrogens (tertiary/aromatic N) is 1. The molecule has 6 heteroatoms. The Morgan fingerprint density at radius 2 is 1.61 bits per heavy atom. The van der Waals surface area contributed by atoms with Crippen molar-refractivity contribution in [3.63, 3.8) is 0 Å². The molecule has 1 fully saturated rings. The molecule has 1 heterocycles. The van der Waals surface area contributed by atoms with E-state index in [1.165, 1.54) is 18.6 Å². The van der Waals surface area contributed by atoms with Crippen LogP contribution in [0.5, 0.6) is 0 Å². The summed E-state index contributed by atoms with van der Waals surface area (Å²) in [6.45, 7) is 1.94. The molecule has 3 aromatic carbocycles. The van der Waals surface area contributed by atoms with Gasteiger partial charge in [0.15, 0.2) is 0 Å². The molecule has 4 rings (SSSR count). The largest absolute Gasteiger partial charge is 0.478 e. The first kappa shape index (κ1) is 22.9. The van der Waals surface area contributed by atoms with E-state index in [0.717, 1.165) is 48.3 Å². The number of nitrogens with one attached hydrogen (secondary N) is 1. The number of piperidine rings is 1. The van der Waals surface area contributed by atoms with Crippen molar-refractivity contribution in [3.05, 3.63) is 100 Å². The zero-order valence-electron chi connectivity index (χ0n) is 18.3. The normalized spacial score (nSPS) is 14.5. The Kier molecular flexibility index (Phi) is 7.30. The number of carbonyl (C=O) groups is 2. The highest BCUT2D eigenvalue weighted by molar-refractivity contribution is 6.32. The molecule has 3 aromatic rings. The first-order valence-corrected chi connectivity index (χ1v) is 11.6. The van der Waals surface area contributed by atoms with Gasteiger partial charge in [-0.1, -0.05) is 60.1 Å². The fourth-order valence-electron chi connectivity index (χ4n) is 4.35. The van der Waals surface area contributed by atoms with Crippen molar-refractivity contribution >= 4 is 29.2 Å². The standard InChI is InChI=1S/C27H27ClN2O3/c28-22-10-7-11-23(30-16-5-2-6-17-30)25(22)26(20-8-3-1-4-9-20)29-24(31)18-19-12-14-21(15-13-19)27(32)33/h1,3-4,7-15,26H,2,5-6,16-18H2,(H,29,31)(H,32,33). The minimum atomic E-state index is -0.987. The molecule has 5 nitrogen and oxygen atoms in total. The average molecular weight is 463 g/mol. The van der Waals surface area contributed by atoms with E-state index in [9.17, 15) is 9.59 Å². The summed E-state index contributed by atoms with van der Waals surface area (Å²) in [6.07, 6.45) is 3.65. The summed E-state index contributed by atoms with van der Waals surface area (Å²) in [6, 6.07) is 21.8. The summed E-state index contributed by atoms with van der Waals surface area (Å²) in [5.41, 5.74) is 3.87. The molecule has 0 radical (unpaired) electrons. The SMILES string of the molecule is O=C(Cc1ccc(C(=O)O)cc1)NC(c1ccccc1)c1c(Cl)cccc1N1CCCCC1. The van der Waals surface area contributed by atoms with Crippen molar-refractivity contribution in [2.24, 2.45) is 0 Å². The van der Waals surface area contributed by atoms with Crippen LogP contribution >= 0.6 is 11.6 Å². The lowest BCUT2D eigenvalue weighted by molar-refractivity contribution is -0.120. The summed E-state index contributed by atoms with van der Waals surface area (Å²) in [5.74, 6) is -1.14. The maximum absolute atomic E-state index is 13.1. The monoisotopic (exact) mass is 462 g/mol. The fourth-order valence-corrected chi connectivity index (χ4v) is 4.63. The van der Waals surface area contributed by atoms with Gasteiger partial charge in [0.05, 0.1) is 18.0 Å². The third kappa shape index (κ3) is 5.55. The lowest BCUT2D eigenvalue weighted by Gasteiger charge is -2.33. The van der Waals surface area contributed by atoms with Gasteiger partial charge in [-0.25, -0.2) is 4.79 Å². The number of anilines is 1. The number of carboxylic acid groups (broad SMARTS) is 1. The summed E-state index contributed by atoms with van der Waals surface area (Å²) in [5, 5.41) is 12.9. The van der Waals surface area contributed by atoms with Gasteiger partial charge in [0.25, 0.3) is 0 Å². The second kappa shape index (κ2) is 10.5. The highest BCUT2D eigenvalue weighted by Crippen LogP contribution is 2.37. The van der Waals surface area contributed by atoms with Gasteiger partial charge in [-0.3, -0.25) is 4.79 Å². The fraction of sp³-hybridized carbons (Fsp3) is 0.259. The van der Waals surface area contributed by atoms with Crippen LogP contribution in [-0.4, -0.2) is 30.1 Å². The molecule has 2 N–H and O–H groups in total. The second-order valence-electron chi connectivity index (χ2n) is 8.31. The Balaban J connectivity index is 1.64. The van der Waals surface area contributed by atoms with Crippen molar-refractivity contribution < 1.29 is 14.7 Å². The van der Waals surface area contributed by atoms with Gasteiger partial charge in [0, 0.05) is 29.4 Å². The third-order valence-electron chi connectivity index (χ3n) is 6.02. The lowest BCUT2D eigenvalue weighted by atomic mass is 9.95. The van der Waals surface area contributed by atoms with Crippen LogP contribution in [-0.2, 0) is 11.2 Å². The number of rotatable bonds is 7. The molecule has 1 saturated heterocycles. The highest BCUT2D eigenvalue weighted by Gasteiger charge is 2.25. The molecule has 1 amide bonds. The average Bonchev–Trinajstić information content (AvgIpc) is 2.84. The van der Waals surface area contributed by atoms with Gasteiger partial charge in [0.1, 0.15) is 0 Å². The number of hydrogen-bond acceptors (Lipinski definition) is 3. The number of carboxylic acids is 1. The predicted molar refractivity (Wildman–Crippen MR) is 131 cm³/mol. The number of hydrogen-bond donors (Lipinski definition) is 2. The Labute approximate surface area is 199 Å². The quantitative estimate of drug-likeness (QED) is 0.488. The van der Waals surface area contributed by atoms with Crippen molar-refractivity contribution in [3.8, 4) is 0 Å². The molecule has 0 aromatic heterocycles. The first-order valence-electron chi connectivity index (χ1n) is 11.2. The summed E-state index contributed by atoms with van der Waals surface area (Å²) in [7, 11) is 0. The molecule has 33 heavy (non-hydrogen) atoms. The van der Waals surface area contributed by atoms with Crippen molar-refractivity contribution in [2.45, 2.75) is 31.7 Å². The molecule has 0 bridgehead atoms. The Hall–Kier alpha value is -3.31. The number of benzene rings is 3. The van der Waals surface area contributed by atoms with E-state index in [4.69, 9.17) is 16.7 Å². The molecule has 0 saturated carbocycles. The number of halogens is 1. The van der Waals surface area contributed by atoms with Gasteiger partial charge in [0.2, 0.25) is 5.91 Å². The van der Waals surface area contributed by atoms with Crippen LogP contribution in [0.25, 0.3) is 0 Å². The smallest absolute Gasteiger partial charge is 0.335 e. The van der Waals surface area contributed by atoms with E-state index in [-0.39, 0.29) is 17.9 Å². The Morgan fingerprint density at radius 3 is 2.27 bits per heavy atom. The maximum atomic E-state index is 13.1. The van der Waals surface area contributed by atoms with Crippen molar-refractivity contribution in [2.75, 3.05) is 18.0 Å². The van der Waals surface area contributed by atoms with E-state index in [0.29, 0.717) is 5.02 Å². The van der Waals surface area contributed by atoms with Gasteiger partial charge in [-0.05, 0) is 54.7 Å². The third-order valence-corrected chi connectivity index (χ3v) is 6.35. The van der Waals surface area contributed by atoms with Gasteiger partial charge in [-0.2, -0.15) is 0 Å². The van der Waals surface area contributed by atoms with Crippen LogP contribution in [0.15, 0.2) is 72.8 Å². The molecule has 0 spiro atoms. The summed E-state index contributed by atoms with van der Waals surface area (Å²) >= 11 is 6.75. The molecule has 1 unspecified atom stereocenters. The molecule has 1 aliphatic heterocycles. The minimum absolute atomic E-state index is 0.146. The summed E-state index contributed by atoms with van der Waals surface area (Å²) in [4.78, 5) is 26.6. The van der Waals surface area contributed by atoms with Crippen LogP contribution in [0.4, 0.5) is 5.69 Å². The van der Waals surface area contributed by atoms with E-state index in [1.54, 1.807) is 12.1 Å². The Bertz CT molecular complexity index is 1110. The first-order chi connectivity index (χ1) is 16.0. The highest BCUT2D eigenvalue weighted by atomic mass is 35.5. The zero-order valence-corrected chi connectivity index (χ0v) is 19.1. The molecule has 0 aliphatic carbocycles. The van der Waals surface area contributed by atoms with Crippen molar-refractivity contribution in [1.29, 1.82) is 0 Å². The Morgan fingerprint density at radius 1 is 0.909 bits per heavy atom. The van der Waals surface area contributed by atoms with Gasteiger partial charge >= 0.3 is 5.97 Å². The van der Waals surface area contributed by atoms with E-state index >= 15 is 0 Å². The number of amides is 1. The van der Waals surface area contributed by atoms with Crippen molar-refractivity contribution in [1.82, 2.24) is 5.32 Å². The van der Waals surface area contributed by atoms with Crippen LogP contribution < -0.4 is 10.2 Å². The molecule has 1 atom stereocenters. The van der Waals surface area contributed by atoms with Crippen LogP contribution in [0, 0.1) is 0 Å². The number of aromatic carboxylic acids is 1. The zero-order chi connectivity index (χ0) is 23.2. The second-order valence-corrected chi connectivity index (χ2v) is 8.72.